The fourth-order valence-corrected chi connectivity index (χ4v) is 2.15. The third-order valence-corrected chi connectivity index (χ3v) is 3.60. The van der Waals surface area contributed by atoms with Crippen molar-refractivity contribution in [1.29, 1.82) is 0 Å². The van der Waals surface area contributed by atoms with Gasteiger partial charge in [0.15, 0.2) is 0 Å². The molecule has 0 saturated heterocycles. The van der Waals surface area contributed by atoms with E-state index in [0.29, 0.717) is 6.04 Å². The molecule has 0 radical (unpaired) electrons. The van der Waals surface area contributed by atoms with Gasteiger partial charge < -0.3 is 9.47 Å². The summed E-state index contributed by atoms with van der Waals surface area (Å²) < 4.78 is 10.8. The third-order valence-electron chi connectivity index (χ3n) is 3.60. The van der Waals surface area contributed by atoms with Crippen LogP contribution in [-0.2, 0) is 9.53 Å². The Hall–Kier alpha value is -1.55. The summed E-state index contributed by atoms with van der Waals surface area (Å²) in [6.07, 6.45) is 2.21. The highest BCUT2D eigenvalue weighted by molar-refractivity contribution is 5.80. The van der Waals surface area contributed by atoms with Crippen LogP contribution in [0.4, 0.5) is 0 Å². The van der Waals surface area contributed by atoms with Crippen LogP contribution in [0.25, 0.3) is 0 Å². The van der Waals surface area contributed by atoms with Gasteiger partial charge in [-0.2, -0.15) is 0 Å². The van der Waals surface area contributed by atoms with E-state index >= 15 is 0 Å². The van der Waals surface area contributed by atoms with Gasteiger partial charge in [-0.3, -0.25) is 5.32 Å². The van der Waals surface area contributed by atoms with E-state index in [4.69, 9.17) is 9.47 Å². The van der Waals surface area contributed by atoms with Gasteiger partial charge in [0, 0.05) is 6.04 Å². The molecular weight excluding hydrogens is 254 g/mol. The Morgan fingerprint density at radius 1 is 1.40 bits per heavy atom. The molecule has 0 spiro atoms. The zero-order chi connectivity index (χ0) is 14.8. The molecule has 0 aromatic heterocycles. The molecule has 1 aliphatic carbocycles. The number of hydrogen-bond donors (Lipinski definition) is 1. The minimum Gasteiger partial charge on any atom is -0.491 e. The van der Waals surface area contributed by atoms with Gasteiger partial charge >= 0.3 is 5.97 Å². The van der Waals surface area contributed by atoms with Crippen molar-refractivity contribution in [3.05, 3.63) is 29.3 Å². The minimum atomic E-state index is -0.800. The normalized spacial score (nSPS) is 17.4. The Morgan fingerprint density at radius 3 is 2.70 bits per heavy atom. The van der Waals surface area contributed by atoms with Crippen LogP contribution < -0.4 is 10.1 Å². The highest BCUT2D eigenvalue weighted by atomic mass is 16.5. The first-order valence-corrected chi connectivity index (χ1v) is 7.01. The van der Waals surface area contributed by atoms with Crippen LogP contribution >= 0.6 is 0 Å². The molecule has 0 amide bonds. The zero-order valence-corrected chi connectivity index (χ0v) is 12.7. The predicted molar refractivity (Wildman–Crippen MR) is 78.0 cm³/mol. The number of hydrogen-bond acceptors (Lipinski definition) is 4. The number of esters is 1. The molecule has 1 aromatic rings. The molecule has 110 valence electrons. The quantitative estimate of drug-likeness (QED) is 0.811. The second kappa shape index (κ2) is 5.83. The van der Waals surface area contributed by atoms with Gasteiger partial charge in [0.05, 0.1) is 7.11 Å². The van der Waals surface area contributed by atoms with Gasteiger partial charge in [-0.15, -0.1) is 0 Å². The lowest BCUT2D eigenvalue weighted by atomic mass is 10.0. The molecule has 0 bridgehead atoms. The molecule has 1 aromatic carbocycles. The molecule has 1 saturated carbocycles. The number of rotatable bonds is 6. The Morgan fingerprint density at radius 2 is 2.10 bits per heavy atom. The summed E-state index contributed by atoms with van der Waals surface area (Å²) in [5.74, 6) is 0.535. The monoisotopic (exact) mass is 277 g/mol. The van der Waals surface area contributed by atoms with E-state index in [1.54, 1.807) is 0 Å². The van der Waals surface area contributed by atoms with E-state index in [1.165, 1.54) is 7.11 Å². The summed E-state index contributed by atoms with van der Waals surface area (Å²) in [5, 5.41) is 3.32. The molecule has 4 nitrogen and oxygen atoms in total. The maximum atomic E-state index is 12.0. The third kappa shape index (κ3) is 3.51. The number of carbonyl (C=O) groups is 1. The van der Waals surface area contributed by atoms with Crippen LogP contribution in [0, 0.1) is 13.8 Å². The van der Waals surface area contributed by atoms with E-state index < -0.39 is 5.54 Å². The molecule has 0 heterocycles. The van der Waals surface area contributed by atoms with Crippen molar-refractivity contribution in [2.75, 3.05) is 13.7 Å². The Bertz CT molecular complexity index is 496. The average molecular weight is 277 g/mol. The van der Waals surface area contributed by atoms with E-state index in [-0.39, 0.29) is 12.6 Å². The molecule has 0 aliphatic heterocycles. The molecule has 1 fully saturated rings. The first-order chi connectivity index (χ1) is 9.44. The van der Waals surface area contributed by atoms with Crippen molar-refractivity contribution in [3.63, 3.8) is 0 Å². The second-order valence-corrected chi connectivity index (χ2v) is 5.80. The standard InChI is InChI=1S/C16H23NO3/c1-11-5-6-12(2)14(9-11)20-10-16(3,15(18)19-4)17-13-7-8-13/h5-6,9,13,17H,7-8,10H2,1-4H3. The van der Waals surface area contributed by atoms with E-state index in [0.717, 1.165) is 29.7 Å². The van der Waals surface area contributed by atoms with E-state index in [2.05, 4.69) is 5.32 Å². The summed E-state index contributed by atoms with van der Waals surface area (Å²) in [7, 11) is 1.41. The zero-order valence-electron chi connectivity index (χ0n) is 12.7. The van der Waals surface area contributed by atoms with Gasteiger partial charge in [-0.05, 0) is 50.8 Å². The van der Waals surface area contributed by atoms with Gasteiger partial charge in [0.2, 0.25) is 0 Å². The van der Waals surface area contributed by atoms with Gasteiger partial charge in [-0.1, -0.05) is 12.1 Å². The molecule has 1 atom stereocenters. The smallest absolute Gasteiger partial charge is 0.329 e. The van der Waals surface area contributed by atoms with Crippen LogP contribution in [0.1, 0.15) is 30.9 Å². The largest absolute Gasteiger partial charge is 0.491 e. The van der Waals surface area contributed by atoms with Crippen molar-refractivity contribution < 1.29 is 14.3 Å². The van der Waals surface area contributed by atoms with Crippen LogP contribution in [0.15, 0.2) is 18.2 Å². The van der Waals surface area contributed by atoms with Crippen LogP contribution in [-0.4, -0.2) is 31.3 Å². The summed E-state index contributed by atoms with van der Waals surface area (Å²) in [6, 6.07) is 6.46. The average Bonchev–Trinajstić information content (AvgIpc) is 3.22. The fraction of sp³-hybridized carbons (Fsp3) is 0.562. The van der Waals surface area contributed by atoms with Crippen LogP contribution in [0.2, 0.25) is 0 Å². The number of benzene rings is 1. The number of carbonyl (C=O) groups excluding carboxylic acids is 1. The topological polar surface area (TPSA) is 47.6 Å². The summed E-state index contributed by atoms with van der Waals surface area (Å²) >= 11 is 0. The minimum absolute atomic E-state index is 0.264. The number of methoxy groups -OCH3 is 1. The molecule has 20 heavy (non-hydrogen) atoms. The molecular formula is C16H23NO3. The summed E-state index contributed by atoms with van der Waals surface area (Å²) in [4.78, 5) is 12.0. The van der Waals surface area contributed by atoms with Crippen molar-refractivity contribution in [3.8, 4) is 5.75 Å². The van der Waals surface area contributed by atoms with Gasteiger partial charge in [0.25, 0.3) is 0 Å². The van der Waals surface area contributed by atoms with Crippen LogP contribution in [0.3, 0.4) is 0 Å². The highest BCUT2D eigenvalue weighted by Crippen LogP contribution is 2.25. The lowest BCUT2D eigenvalue weighted by Gasteiger charge is -2.28. The van der Waals surface area contributed by atoms with Crippen LogP contribution in [0.5, 0.6) is 5.75 Å². The summed E-state index contributed by atoms with van der Waals surface area (Å²) in [5.41, 5.74) is 1.40. The van der Waals surface area contributed by atoms with Gasteiger partial charge in [-0.25, -0.2) is 4.79 Å². The second-order valence-electron chi connectivity index (χ2n) is 5.80. The molecule has 2 rings (SSSR count). The van der Waals surface area contributed by atoms with Crippen molar-refractivity contribution in [2.24, 2.45) is 0 Å². The van der Waals surface area contributed by atoms with E-state index in [9.17, 15) is 4.79 Å². The lowest BCUT2D eigenvalue weighted by Crippen LogP contribution is -2.55. The Kier molecular flexibility index (Phi) is 4.33. The molecule has 1 N–H and O–H groups in total. The number of ether oxygens (including phenoxy) is 2. The Balaban J connectivity index is 2.07. The fourth-order valence-electron chi connectivity index (χ4n) is 2.15. The summed E-state index contributed by atoms with van der Waals surface area (Å²) in [6.45, 7) is 6.12. The first-order valence-electron chi connectivity index (χ1n) is 7.01. The maximum absolute atomic E-state index is 12.0. The lowest BCUT2D eigenvalue weighted by molar-refractivity contribution is -0.149. The molecule has 1 aliphatic rings. The Labute approximate surface area is 120 Å². The maximum Gasteiger partial charge on any atom is 0.329 e. The number of aryl methyl sites for hydroxylation is 2. The molecule has 4 heteroatoms. The predicted octanol–water partition coefficient (Wildman–Crippen LogP) is 2.37. The molecule has 1 unspecified atom stereocenters. The van der Waals surface area contributed by atoms with E-state index in [1.807, 2.05) is 39.0 Å². The first kappa shape index (κ1) is 14.9. The van der Waals surface area contributed by atoms with Crippen molar-refractivity contribution >= 4 is 5.97 Å². The SMILES string of the molecule is COC(=O)C(C)(COc1cc(C)ccc1C)NC1CC1. The van der Waals surface area contributed by atoms with Gasteiger partial charge in [0.1, 0.15) is 17.9 Å². The number of nitrogens with one attached hydrogen (secondary N) is 1. The van der Waals surface area contributed by atoms with Crippen molar-refractivity contribution in [2.45, 2.75) is 45.2 Å². The van der Waals surface area contributed by atoms with Crippen molar-refractivity contribution in [1.82, 2.24) is 5.32 Å². The highest BCUT2D eigenvalue weighted by Gasteiger charge is 2.40.